The molecule has 1 aromatic carbocycles. The first kappa shape index (κ1) is 13.1. The molecule has 20 heavy (non-hydrogen) atoms. The van der Waals surface area contributed by atoms with Gasteiger partial charge in [0.1, 0.15) is 12.4 Å². The molecule has 1 aromatic rings. The lowest BCUT2D eigenvalue weighted by atomic mass is 9.79. The molecule has 1 heterocycles. The van der Waals surface area contributed by atoms with Crippen LogP contribution in [0.3, 0.4) is 0 Å². The minimum atomic E-state index is -0.348. The van der Waals surface area contributed by atoms with E-state index in [9.17, 15) is 14.0 Å². The van der Waals surface area contributed by atoms with E-state index in [0.29, 0.717) is 12.0 Å². The molecule has 106 valence electrons. The second-order valence-electron chi connectivity index (χ2n) is 5.67. The number of benzene rings is 1. The Hall–Kier alpha value is -1.91. The predicted octanol–water partition coefficient (Wildman–Crippen LogP) is 2.34. The number of urea groups is 1. The fraction of sp³-hybridized carbons (Fsp3) is 0.467. The number of likely N-dealkylation sites (N-methyl/N-ethyl adjacent to an activating group) is 1. The maximum Gasteiger partial charge on any atom is 0.327 e. The van der Waals surface area contributed by atoms with Crippen LogP contribution < -0.4 is 0 Å². The summed E-state index contributed by atoms with van der Waals surface area (Å²) in [6.45, 7) is 2.12. The number of fused-ring (bicyclic) bond motifs is 1. The van der Waals surface area contributed by atoms with E-state index >= 15 is 0 Å². The molecule has 0 aromatic heterocycles. The van der Waals surface area contributed by atoms with Crippen molar-refractivity contribution in [1.82, 2.24) is 9.80 Å². The van der Waals surface area contributed by atoms with Crippen molar-refractivity contribution in [1.29, 1.82) is 0 Å². The normalized spacial score (nSPS) is 26.1. The van der Waals surface area contributed by atoms with Gasteiger partial charge in [0.25, 0.3) is 5.91 Å². The van der Waals surface area contributed by atoms with Gasteiger partial charge in [-0.25, -0.2) is 9.18 Å². The summed E-state index contributed by atoms with van der Waals surface area (Å²) in [5.74, 6) is -0.304. The minimum absolute atomic E-state index is 0.104. The van der Waals surface area contributed by atoms with Crippen LogP contribution >= 0.6 is 0 Å². The second-order valence-corrected chi connectivity index (χ2v) is 5.67. The fourth-order valence-corrected chi connectivity index (χ4v) is 3.26. The Labute approximate surface area is 117 Å². The van der Waals surface area contributed by atoms with Gasteiger partial charge in [0.2, 0.25) is 0 Å². The summed E-state index contributed by atoms with van der Waals surface area (Å²) in [6.07, 6.45) is 1.44. The number of carbonyl (C=O) groups is 2. The third-order valence-corrected chi connectivity index (χ3v) is 4.31. The van der Waals surface area contributed by atoms with Crippen LogP contribution in [0.2, 0.25) is 0 Å². The second kappa shape index (κ2) is 4.58. The van der Waals surface area contributed by atoms with Crippen molar-refractivity contribution in [2.75, 3.05) is 13.6 Å². The molecule has 2 atom stereocenters. The molecule has 1 fully saturated rings. The summed E-state index contributed by atoms with van der Waals surface area (Å²) in [6, 6.07) is 4.28. The smallest absolute Gasteiger partial charge is 0.318 e. The highest BCUT2D eigenvalue weighted by molar-refractivity contribution is 6.02. The molecule has 0 bridgehead atoms. The van der Waals surface area contributed by atoms with Crippen LogP contribution in [0.5, 0.6) is 0 Å². The molecule has 2 aliphatic rings. The van der Waals surface area contributed by atoms with E-state index in [1.807, 2.05) is 13.0 Å². The highest BCUT2D eigenvalue weighted by Gasteiger charge is 2.43. The maximum absolute atomic E-state index is 13.9. The molecule has 0 N–H and O–H groups in total. The summed E-state index contributed by atoms with van der Waals surface area (Å²) in [5, 5.41) is 0. The third-order valence-electron chi connectivity index (χ3n) is 4.31. The number of imide groups is 1. The van der Waals surface area contributed by atoms with Crippen LogP contribution in [0.1, 0.15) is 30.5 Å². The number of halogens is 1. The van der Waals surface area contributed by atoms with Crippen molar-refractivity contribution >= 4 is 11.9 Å². The van der Waals surface area contributed by atoms with Crippen molar-refractivity contribution in [2.45, 2.75) is 25.8 Å². The summed E-state index contributed by atoms with van der Waals surface area (Å²) in [4.78, 5) is 27.0. The molecule has 1 aliphatic heterocycles. The van der Waals surface area contributed by atoms with E-state index in [1.54, 1.807) is 13.1 Å². The molecule has 0 saturated carbocycles. The van der Waals surface area contributed by atoms with E-state index in [1.165, 1.54) is 15.9 Å². The van der Waals surface area contributed by atoms with E-state index in [2.05, 4.69) is 0 Å². The van der Waals surface area contributed by atoms with Crippen LogP contribution in [0, 0.1) is 11.7 Å². The lowest BCUT2D eigenvalue weighted by Crippen LogP contribution is -2.40. The molecule has 1 aliphatic carbocycles. The van der Waals surface area contributed by atoms with Gasteiger partial charge < -0.3 is 4.90 Å². The highest BCUT2D eigenvalue weighted by Crippen LogP contribution is 2.40. The largest absolute Gasteiger partial charge is 0.327 e. The van der Waals surface area contributed by atoms with Gasteiger partial charge in [0, 0.05) is 7.05 Å². The van der Waals surface area contributed by atoms with Gasteiger partial charge in [-0.1, -0.05) is 19.1 Å². The number of carbonyl (C=O) groups excluding carboxylic acids is 2. The van der Waals surface area contributed by atoms with Gasteiger partial charge in [-0.3, -0.25) is 9.69 Å². The zero-order valence-electron chi connectivity index (χ0n) is 11.6. The van der Waals surface area contributed by atoms with Gasteiger partial charge in [0.05, 0.1) is 6.04 Å². The lowest BCUT2D eigenvalue weighted by Gasteiger charge is -2.36. The Morgan fingerprint density at radius 1 is 1.30 bits per heavy atom. The molecule has 3 amide bonds. The van der Waals surface area contributed by atoms with Gasteiger partial charge in [-0.15, -0.1) is 0 Å². The van der Waals surface area contributed by atoms with E-state index in [0.717, 1.165) is 12.0 Å². The molecular weight excluding hydrogens is 259 g/mol. The predicted molar refractivity (Wildman–Crippen MR) is 71.5 cm³/mol. The van der Waals surface area contributed by atoms with Gasteiger partial charge in [-0.05, 0) is 36.0 Å². The number of rotatable bonds is 1. The first-order chi connectivity index (χ1) is 9.50. The topological polar surface area (TPSA) is 40.6 Å². The summed E-state index contributed by atoms with van der Waals surface area (Å²) in [5.41, 5.74) is 1.42. The molecular formula is C15H17FN2O2. The van der Waals surface area contributed by atoms with Crippen LogP contribution in [-0.4, -0.2) is 35.3 Å². The fourth-order valence-electron chi connectivity index (χ4n) is 3.26. The van der Waals surface area contributed by atoms with Gasteiger partial charge in [0.15, 0.2) is 0 Å². The standard InChI is InChI=1S/C15H17FN2O2/c1-9-6-7-10-11(4-3-5-12(10)16)14(9)18-13(19)8-17(2)15(18)20/h3-5,9,14H,6-8H2,1-2H3. The van der Waals surface area contributed by atoms with E-state index in [-0.39, 0.29) is 36.3 Å². The number of nitrogens with zero attached hydrogens (tertiary/aromatic N) is 2. The van der Waals surface area contributed by atoms with Crippen molar-refractivity contribution in [3.63, 3.8) is 0 Å². The molecule has 1 saturated heterocycles. The van der Waals surface area contributed by atoms with Gasteiger partial charge >= 0.3 is 6.03 Å². The van der Waals surface area contributed by atoms with E-state index in [4.69, 9.17) is 0 Å². The molecule has 3 rings (SSSR count). The van der Waals surface area contributed by atoms with Crippen LogP contribution in [0.15, 0.2) is 18.2 Å². The summed E-state index contributed by atoms with van der Waals surface area (Å²) < 4.78 is 13.9. The SMILES string of the molecule is CC1CCc2c(F)cccc2C1N1C(=O)CN(C)C1=O. The Morgan fingerprint density at radius 2 is 2.05 bits per heavy atom. The number of hydrogen-bond acceptors (Lipinski definition) is 2. The third kappa shape index (κ3) is 1.80. The Bertz CT molecular complexity index is 587. The van der Waals surface area contributed by atoms with Crippen molar-refractivity contribution < 1.29 is 14.0 Å². The molecule has 0 radical (unpaired) electrons. The molecule has 5 heteroatoms. The van der Waals surface area contributed by atoms with Crippen LogP contribution in [-0.2, 0) is 11.2 Å². The van der Waals surface area contributed by atoms with Crippen molar-refractivity contribution in [2.24, 2.45) is 5.92 Å². The molecule has 0 spiro atoms. The number of amides is 3. The Balaban J connectivity index is 2.08. The summed E-state index contributed by atoms with van der Waals surface area (Å²) >= 11 is 0. The summed E-state index contributed by atoms with van der Waals surface area (Å²) in [7, 11) is 1.61. The average Bonchev–Trinajstić information content (AvgIpc) is 2.65. The van der Waals surface area contributed by atoms with Gasteiger partial charge in [-0.2, -0.15) is 0 Å². The Kier molecular flexibility index (Phi) is 3.00. The zero-order chi connectivity index (χ0) is 14.4. The van der Waals surface area contributed by atoms with Crippen molar-refractivity contribution in [3.05, 3.63) is 35.1 Å². The first-order valence-electron chi connectivity index (χ1n) is 6.85. The highest BCUT2D eigenvalue weighted by atomic mass is 19.1. The van der Waals surface area contributed by atoms with E-state index < -0.39 is 0 Å². The lowest BCUT2D eigenvalue weighted by molar-refractivity contribution is -0.127. The van der Waals surface area contributed by atoms with Crippen LogP contribution in [0.25, 0.3) is 0 Å². The monoisotopic (exact) mass is 276 g/mol. The van der Waals surface area contributed by atoms with Crippen LogP contribution in [0.4, 0.5) is 9.18 Å². The molecule has 2 unspecified atom stereocenters. The average molecular weight is 276 g/mol. The first-order valence-corrected chi connectivity index (χ1v) is 6.85. The Morgan fingerprint density at radius 3 is 2.70 bits per heavy atom. The van der Waals surface area contributed by atoms with Crippen molar-refractivity contribution in [3.8, 4) is 0 Å². The maximum atomic E-state index is 13.9. The molecule has 4 nitrogen and oxygen atoms in total. The number of hydrogen-bond donors (Lipinski definition) is 0. The zero-order valence-corrected chi connectivity index (χ0v) is 11.6. The quantitative estimate of drug-likeness (QED) is 0.739. The minimum Gasteiger partial charge on any atom is -0.318 e.